The Bertz CT molecular complexity index is 1220. The minimum absolute atomic E-state index is 0.488. The van der Waals surface area contributed by atoms with Crippen LogP contribution >= 0.6 is 11.3 Å². The van der Waals surface area contributed by atoms with E-state index in [-0.39, 0.29) is 0 Å². The summed E-state index contributed by atoms with van der Waals surface area (Å²) in [5.41, 5.74) is 6.19. The van der Waals surface area contributed by atoms with Gasteiger partial charge in [0.2, 0.25) is 5.95 Å². The molecule has 6 nitrogen and oxygen atoms in total. The lowest BCUT2D eigenvalue weighted by Crippen LogP contribution is -2.43. The Hall–Kier alpha value is -3.03. The van der Waals surface area contributed by atoms with Gasteiger partial charge in [0.1, 0.15) is 5.75 Å². The number of ether oxygens (including phenoxy) is 1. The third kappa shape index (κ3) is 4.84. The summed E-state index contributed by atoms with van der Waals surface area (Å²) in [5, 5.41) is 4.81. The van der Waals surface area contributed by atoms with Gasteiger partial charge >= 0.3 is 0 Å². The fraction of sp³-hybridized carbons (Fsp3) is 0.346. The van der Waals surface area contributed by atoms with Crippen molar-refractivity contribution in [2.24, 2.45) is 0 Å². The van der Waals surface area contributed by atoms with Crippen LogP contribution in [-0.4, -0.2) is 40.7 Å². The van der Waals surface area contributed by atoms with Crippen LogP contribution in [-0.2, 0) is 6.54 Å². The molecule has 0 aliphatic carbocycles. The molecule has 0 bridgehead atoms. The van der Waals surface area contributed by atoms with Crippen LogP contribution in [0.3, 0.4) is 0 Å². The predicted molar refractivity (Wildman–Crippen MR) is 135 cm³/mol. The van der Waals surface area contributed by atoms with Crippen molar-refractivity contribution in [3.05, 3.63) is 64.6 Å². The van der Waals surface area contributed by atoms with Gasteiger partial charge in [0.15, 0.2) is 0 Å². The largest absolute Gasteiger partial charge is 0.494 e. The lowest BCUT2D eigenvalue weighted by Gasteiger charge is -2.32. The molecule has 33 heavy (non-hydrogen) atoms. The van der Waals surface area contributed by atoms with Gasteiger partial charge in [-0.1, -0.05) is 30.3 Å². The van der Waals surface area contributed by atoms with Crippen molar-refractivity contribution in [3.63, 3.8) is 0 Å². The number of benzene rings is 2. The molecule has 0 saturated carbocycles. The highest BCUT2D eigenvalue weighted by Crippen LogP contribution is 2.27. The van der Waals surface area contributed by atoms with Crippen molar-refractivity contribution in [2.45, 2.75) is 39.3 Å². The van der Waals surface area contributed by atoms with Crippen molar-refractivity contribution in [3.8, 4) is 17.0 Å². The number of thiazole rings is 1. The monoisotopic (exact) mass is 459 g/mol. The van der Waals surface area contributed by atoms with E-state index in [0.29, 0.717) is 12.6 Å². The second kappa shape index (κ2) is 9.85. The molecule has 3 heterocycles. The topological polar surface area (TPSA) is 63.2 Å². The lowest BCUT2D eigenvalue weighted by atomic mass is 10.0. The summed E-state index contributed by atoms with van der Waals surface area (Å²) in [4.78, 5) is 17.9. The first-order valence-corrected chi connectivity index (χ1v) is 12.5. The average Bonchev–Trinajstić information content (AvgIpc) is 3.33. The Morgan fingerprint density at radius 1 is 1.09 bits per heavy atom. The molecule has 1 aliphatic heterocycles. The number of rotatable bonds is 7. The van der Waals surface area contributed by atoms with Crippen LogP contribution < -0.4 is 15.0 Å². The maximum atomic E-state index is 5.63. The fourth-order valence-electron chi connectivity index (χ4n) is 4.39. The van der Waals surface area contributed by atoms with E-state index >= 15 is 0 Å². The predicted octanol–water partition coefficient (Wildman–Crippen LogP) is 5.22. The first kappa shape index (κ1) is 21.8. The molecule has 0 radical (unpaired) electrons. The molecule has 1 fully saturated rings. The normalized spacial score (nSPS) is 14.7. The molecule has 0 atom stereocenters. The average molecular weight is 460 g/mol. The van der Waals surface area contributed by atoms with Crippen molar-refractivity contribution in [1.82, 2.24) is 20.3 Å². The summed E-state index contributed by atoms with van der Waals surface area (Å²) in [7, 11) is 0. The number of nitrogens with zero attached hydrogens (tertiary/aromatic N) is 4. The van der Waals surface area contributed by atoms with Crippen molar-refractivity contribution in [2.75, 3.05) is 24.6 Å². The smallest absolute Gasteiger partial charge is 0.226 e. The van der Waals surface area contributed by atoms with Gasteiger partial charge < -0.3 is 15.0 Å². The maximum Gasteiger partial charge on any atom is 0.226 e. The Kier molecular flexibility index (Phi) is 6.51. The summed E-state index contributed by atoms with van der Waals surface area (Å²) >= 11 is 1.72. The van der Waals surface area contributed by atoms with Gasteiger partial charge in [0.25, 0.3) is 0 Å². The Balaban J connectivity index is 1.21. The second-order valence-electron chi connectivity index (χ2n) is 8.35. The SMILES string of the molecule is CCOc1ccc2nc(N3CCC(NCc4scnc4-c4ccccc4)CC3)nc(C)c2c1. The molecular weight excluding hydrogens is 430 g/mol. The number of aromatic nitrogens is 3. The summed E-state index contributed by atoms with van der Waals surface area (Å²) in [6, 6.07) is 17.0. The highest BCUT2D eigenvalue weighted by atomic mass is 32.1. The summed E-state index contributed by atoms with van der Waals surface area (Å²) < 4.78 is 5.63. The number of anilines is 1. The Morgan fingerprint density at radius 2 is 1.91 bits per heavy atom. The third-order valence-electron chi connectivity index (χ3n) is 6.17. The van der Waals surface area contributed by atoms with E-state index in [4.69, 9.17) is 14.7 Å². The van der Waals surface area contributed by atoms with E-state index < -0.39 is 0 Å². The van der Waals surface area contributed by atoms with Crippen LogP contribution in [0.5, 0.6) is 5.75 Å². The highest BCUT2D eigenvalue weighted by molar-refractivity contribution is 7.10. The number of aryl methyl sites for hydroxylation is 1. The first-order chi connectivity index (χ1) is 16.2. The highest BCUT2D eigenvalue weighted by Gasteiger charge is 2.22. The summed E-state index contributed by atoms with van der Waals surface area (Å²) in [5.74, 6) is 1.70. The number of hydrogen-bond acceptors (Lipinski definition) is 7. The van der Waals surface area contributed by atoms with Crippen LogP contribution in [0.15, 0.2) is 54.0 Å². The van der Waals surface area contributed by atoms with Crippen LogP contribution in [0.1, 0.15) is 30.3 Å². The fourth-order valence-corrected chi connectivity index (χ4v) is 5.13. The van der Waals surface area contributed by atoms with Crippen LogP contribution in [0.4, 0.5) is 5.95 Å². The Labute approximate surface area is 198 Å². The molecule has 2 aromatic carbocycles. The molecule has 7 heteroatoms. The van der Waals surface area contributed by atoms with Gasteiger partial charge in [-0.2, -0.15) is 0 Å². The standard InChI is InChI=1S/C26H29N5OS/c1-3-32-21-9-10-23-22(15-21)18(2)29-26(30-23)31-13-11-20(12-14-31)27-16-24-25(28-17-33-24)19-7-5-4-6-8-19/h4-10,15,17,20,27H,3,11-14,16H2,1-2H3. The molecule has 5 rings (SSSR count). The van der Waals surface area contributed by atoms with Crippen molar-refractivity contribution < 1.29 is 4.74 Å². The zero-order chi connectivity index (χ0) is 22.6. The van der Waals surface area contributed by atoms with E-state index in [0.717, 1.165) is 66.5 Å². The molecule has 2 aromatic heterocycles. The zero-order valence-electron chi connectivity index (χ0n) is 19.1. The van der Waals surface area contributed by atoms with Crippen molar-refractivity contribution in [1.29, 1.82) is 0 Å². The molecule has 1 N–H and O–H groups in total. The quantitative estimate of drug-likeness (QED) is 0.409. The van der Waals surface area contributed by atoms with Gasteiger partial charge in [-0.25, -0.2) is 15.0 Å². The molecule has 4 aromatic rings. The third-order valence-corrected chi connectivity index (χ3v) is 7.01. The number of piperidine rings is 1. The van der Waals surface area contributed by atoms with Crippen molar-refractivity contribution >= 4 is 28.2 Å². The van der Waals surface area contributed by atoms with Gasteiger partial charge in [0, 0.05) is 41.5 Å². The van der Waals surface area contributed by atoms with Crippen LogP contribution in [0.2, 0.25) is 0 Å². The minimum Gasteiger partial charge on any atom is -0.494 e. The number of nitrogens with one attached hydrogen (secondary N) is 1. The number of fused-ring (bicyclic) bond motifs is 1. The zero-order valence-corrected chi connectivity index (χ0v) is 19.9. The molecule has 170 valence electrons. The Morgan fingerprint density at radius 3 is 2.70 bits per heavy atom. The van der Waals surface area contributed by atoms with E-state index in [1.165, 1.54) is 10.4 Å². The van der Waals surface area contributed by atoms with Gasteiger partial charge in [-0.15, -0.1) is 11.3 Å². The summed E-state index contributed by atoms with van der Waals surface area (Å²) in [6.07, 6.45) is 2.15. The van der Waals surface area contributed by atoms with E-state index in [9.17, 15) is 0 Å². The van der Waals surface area contributed by atoms with E-state index in [2.05, 4.69) is 46.4 Å². The van der Waals surface area contributed by atoms with Gasteiger partial charge in [0.05, 0.1) is 29.0 Å². The first-order valence-electron chi connectivity index (χ1n) is 11.6. The van der Waals surface area contributed by atoms with E-state index in [1.807, 2.05) is 36.7 Å². The second-order valence-corrected chi connectivity index (χ2v) is 9.29. The molecule has 1 aliphatic rings. The minimum atomic E-state index is 0.488. The molecule has 0 spiro atoms. The van der Waals surface area contributed by atoms with Crippen LogP contribution in [0, 0.1) is 6.92 Å². The summed E-state index contributed by atoms with van der Waals surface area (Å²) in [6.45, 7) is 7.46. The van der Waals surface area contributed by atoms with Gasteiger partial charge in [-0.05, 0) is 44.9 Å². The maximum absolute atomic E-state index is 5.63. The van der Waals surface area contributed by atoms with Gasteiger partial charge in [-0.3, -0.25) is 0 Å². The molecule has 0 amide bonds. The number of hydrogen-bond donors (Lipinski definition) is 1. The lowest BCUT2D eigenvalue weighted by molar-refractivity contribution is 0.340. The molecule has 1 saturated heterocycles. The molecule has 0 unspecified atom stereocenters. The van der Waals surface area contributed by atoms with E-state index in [1.54, 1.807) is 11.3 Å². The van der Waals surface area contributed by atoms with Crippen LogP contribution in [0.25, 0.3) is 22.2 Å². The molecular formula is C26H29N5OS.